The number of imidazole rings is 1. The van der Waals surface area contributed by atoms with Gasteiger partial charge in [-0.05, 0) is 43.5 Å². The van der Waals surface area contributed by atoms with E-state index >= 15 is 0 Å². The highest BCUT2D eigenvalue weighted by Crippen LogP contribution is 2.22. The first-order valence-electron chi connectivity index (χ1n) is 9.50. The van der Waals surface area contributed by atoms with Crippen LogP contribution in [0.4, 0.5) is 0 Å². The first-order valence-corrected chi connectivity index (χ1v) is 9.50. The smallest absolute Gasteiger partial charge is 0.203 e. The topological polar surface area (TPSA) is 33.7 Å². The van der Waals surface area contributed by atoms with Gasteiger partial charge in [-0.15, -0.1) is 0 Å². The van der Waals surface area contributed by atoms with Gasteiger partial charge >= 0.3 is 0 Å². The van der Waals surface area contributed by atoms with Crippen LogP contribution in [0.3, 0.4) is 0 Å². The molecule has 4 rings (SSSR count). The van der Waals surface area contributed by atoms with Crippen LogP contribution in [0.2, 0.25) is 0 Å². The monoisotopic (exact) mass is 355 g/mol. The molecular formula is C24H25N3. The lowest BCUT2D eigenvalue weighted by Crippen LogP contribution is -2.27. The molecule has 0 saturated heterocycles. The van der Waals surface area contributed by atoms with E-state index in [1.165, 1.54) is 16.7 Å². The van der Waals surface area contributed by atoms with Gasteiger partial charge < -0.3 is 9.13 Å². The predicted molar refractivity (Wildman–Crippen MR) is 111 cm³/mol. The minimum Gasteiger partial charge on any atom is -0.310 e. The van der Waals surface area contributed by atoms with E-state index in [1.807, 2.05) is 6.07 Å². The molecule has 1 N–H and O–H groups in total. The molecule has 1 aromatic heterocycles. The Labute approximate surface area is 160 Å². The Morgan fingerprint density at radius 1 is 0.815 bits per heavy atom. The maximum atomic E-state index is 8.88. The highest BCUT2D eigenvalue weighted by Gasteiger charge is 2.16. The fourth-order valence-corrected chi connectivity index (χ4v) is 3.75. The fourth-order valence-electron chi connectivity index (χ4n) is 3.75. The van der Waals surface area contributed by atoms with E-state index in [0.29, 0.717) is 5.62 Å². The van der Waals surface area contributed by atoms with Gasteiger partial charge in [0.2, 0.25) is 5.62 Å². The number of para-hydroxylation sites is 2. The van der Waals surface area contributed by atoms with Gasteiger partial charge in [0.05, 0.1) is 17.1 Å². The van der Waals surface area contributed by atoms with Crippen LogP contribution in [0.25, 0.3) is 11.0 Å². The van der Waals surface area contributed by atoms with E-state index in [0.717, 1.165) is 24.0 Å². The number of rotatable bonds is 5. The zero-order chi connectivity index (χ0) is 18.8. The minimum absolute atomic E-state index is 0.115. The lowest BCUT2D eigenvalue weighted by molar-refractivity contribution is 0.566. The summed E-state index contributed by atoms with van der Waals surface area (Å²) >= 11 is 0. The van der Waals surface area contributed by atoms with Gasteiger partial charge in [0.25, 0.3) is 0 Å². The fraction of sp³-hybridized carbons (Fsp3) is 0.208. The molecule has 0 radical (unpaired) electrons. The average molecular weight is 355 g/mol. The summed E-state index contributed by atoms with van der Waals surface area (Å²) in [6.45, 7) is 5.08. The van der Waals surface area contributed by atoms with Gasteiger partial charge in [-0.2, -0.15) is 0 Å². The van der Waals surface area contributed by atoms with Crippen LogP contribution in [0, 0.1) is 12.3 Å². The second-order valence-corrected chi connectivity index (χ2v) is 7.16. The SMILES string of the molecule is Cc1ccc(CCn2c(=N)n(C(C)c3ccccc3)c3ccccc32)cc1. The zero-order valence-corrected chi connectivity index (χ0v) is 15.9. The number of hydrogen-bond donors (Lipinski definition) is 1. The van der Waals surface area contributed by atoms with Gasteiger partial charge in [0.15, 0.2) is 0 Å². The third-order valence-corrected chi connectivity index (χ3v) is 5.33. The predicted octanol–water partition coefficient (Wildman–Crippen LogP) is 5.08. The van der Waals surface area contributed by atoms with Crippen LogP contribution in [0.5, 0.6) is 0 Å². The molecule has 0 saturated carbocycles. The maximum absolute atomic E-state index is 8.88. The van der Waals surface area contributed by atoms with Gasteiger partial charge in [0, 0.05) is 6.54 Å². The Hall–Kier alpha value is -3.07. The van der Waals surface area contributed by atoms with Crippen molar-refractivity contribution in [3.63, 3.8) is 0 Å². The summed E-state index contributed by atoms with van der Waals surface area (Å²) in [5.41, 5.74) is 6.60. The molecule has 0 aliphatic rings. The molecule has 0 aliphatic heterocycles. The molecule has 3 heteroatoms. The Bertz CT molecular complexity index is 1100. The quantitative estimate of drug-likeness (QED) is 0.518. The molecule has 0 amide bonds. The van der Waals surface area contributed by atoms with E-state index in [4.69, 9.17) is 5.41 Å². The minimum atomic E-state index is 0.115. The van der Waals surface area contributed by atoms with Gasteiger partial charge in [-0.25, -0.2) is 0 Å². The molecule has 1 atom stereocenters. The number of benzene rings is 3. The van der Waals surface area contributed by atoms with Crippen molar-refractivity contribution in [3.8, 4) is 0 Å². The van der Waals surface area contributed by atoms with Crippen molar-refractivity contribution in [2.75, 3.05) is 0 Å². The Morgan fingerprint density at radius 3 is 2.15 bits per heavy atom. The van der Waals surface area contributed by atoms with Crippen molar-refractivity contribution in [3.05, 3.63) is 101 Å². The van der Waals surface area contributed by atoms with Crippen molar-refractivity contribution in [2.24, 2.45) is 0 Å². The van der Waals surface area contributed by atoms with Gasteiger partial charge in [0.1, 0.15) is 0 Å². The number of nitrogens with one attached hydrogen (secondary N) is 1. The van der Waals surface area contributed by atoms with Gasteiger partial charge in [-0.3, -0.25) is 5.41 Å². The van der Waals surface area contributed by atoms with Crippen molar-refractivity contribution in [1.82, 2.24) is 9.13 Å². The molecule has 3 aromatic carbocycles. The molecule has 0 aliphatic carbocycles. The highest BCUT2D eigenvalue weighted by molar-refractivity contribution is 5.76. The normalized spacial score (nSPS) is 12.4. The molecule has 1 unspecified atom stereocenters. The molecule has 0 bridgehead atoms. The number of aromatic nitrogens is 2. The number of aryl methyl sites for hydroxylation is 3. The second kappa shape index (κ2) is 7.28. The first-order chi connectivity index (χ1) is 13.1. The van der Waals surface area contributed by atoms with Crippen molar-refractivity contribution in [1.29, 1.82) is 5.41 Å². The average Bonchev–Trinajstić information content (AvgIpc) is 2.99. The van der Waals surface area contributed by atoms with E-state index < -0.39 is 0 Å². The summed E-state index contributed by atoms with van der Waals surface area (Å²) in [6, 6.07) is 27.6. The zero-order valence-electron chi connectivity index (χ0n) is 15.9. The van der Waals surface area contributed by atoms with Crippen molar-refractivity contribution in [2.45, 2.75) is 32.9 Å². The van der Waals surface area contributed by atoms with Crippen molar-refractivity contribution < 1.29 is 0 Å². The molecule has 136 valence electrons. The van der Waals surface area contributed by atoms with Crippen LogP contribution in [0.15, 0.2) is 78.9 Å². The summed E-state index contributed by atoms with van der Waals surface area (Å²) in [5.74, 6) is 0. The van der Waals surface area contributed by atoms with Crippen LogP contribution >= 0.6 is 0 Å². The summed E-state index contributed by atoms with van der Waals surface area (Å²) < 4.78 is 4.27. The highest BCUT2D eigenvalue weighted by atomic mass is 15.2. The van der Waals surface area contributed by atoms with Crippen LogP contribution in [-0.2, 0) is 13.0 Å². The van der Waals surface area contributed by atoms with Gasteiger partial charge in [-0.1, -0.05) is 72.3 Å². The summed E-state index contributed by atoms with van der Waals surface area (Å²) in [7, 11) is 0. The van der Waals surface area contributed by atoms with Crippen LogP contribution in [0.1, 0.15) is 29.7 Å². The molecule has 0 fully saturated rings. The molecule has 4 aromatic rings. The third kappa shape index (κ3) is 3.33. The van der Waals surface area contributed by atoms with Crippen molar-refractivity contribution >= 4 is 11.0 Å². The Balaban J connectivity index is 1.74. The second-order valence-electron chi connectivity index (χ2n) is 7.16. The maximum Gasteiger partial charge on any atom is 0.203 e. The summed E-state index contributed by atoms with van der Waals surface area (Å²) in [4.78, 5) is 0. The largest absolute Gasteiger partial charge is 0.310 e. The lowest BCUT2D eigenvalue weighted by Gasteiger charge is -2.15. The van der Waals surface area contributed by atoms with E-state index in [-0.39, 0.29) is 6.04 Å². The first kappa shape index (κ1) is 17.3. The number of hydrogen-bond acceptors (Lipinski definition) is 1. The van der Waals surface area contributed by atoms with E-state index in [2.05, 4.69) is 95.8 Å². The molecular weight excluding hydrogens is 330 g/mol. The lowest BCUT2D eigenvalue weighted by atomic mass is 10.1. The molecule has 0 spiro atoms. The standard InChI is InChI=1S/C24H25N3/c1-18-12-14-20(15-13-18)16-17-26-22-10-6-7-11-23(22)27(24(26)25)19(2)21-8-4-3-5-9-21/h3-15,19,25H,16-17H2,1-2H3. The Kier molecular flexibility index (Phi) is 4.68. The Morgan fingerprint density at radius 2 is 1.44 bits per heavy atom. The van der Waals surface area contributed by atoms with E-state index in [9.17, 15) is 0 Å². The van der Waals surface area contributed by atoms with Crippen LogP contribution in [-0.4, -0.2) is 9.13 Å². The number of nitrogens with zero attached hydrogens (tertiary/aromatic N) is 2. The molecule has 3 nitrogen and oxygen atoms in total. The molecule has 27 heavy (non-hydrogen) atoms. The molecule has 1 heterocycles. The summed E-state index contributed by atoms with van der Waals surface area (Å²) in [5, 5.41) is 8.88. The van der Waals surface area contributed by atoms with Crippen LogP contribution < -0.4 is 5.62 Å². The summed E-state index contributed by atoms with van der Waals surface area (Å²) in [6.07, 6.45) is 0.921. The third-order valence-electron chi connectivity index (χ3n) is 5.33. The van der Waals surface area contributed by atoms with E-state index in [1.54, 1.807) is 0 Å². The number of fused-ring (bicyclic) bond motifs is 1.